The van der Waals surface area contributed by atoms with Gasteiger partial charge in [-0.3, -0.25) is 0 Å². The number of ether oxygens (including phenoxy) is 1. The Kier molecular flexibility index (Phi) is 21.8. The number of rotatable bonds is 20. The summed E-state index contributed by atoms with van der Waals surface area (Å²) in [6, 6.07) is 0. The Labute approximate surface area is 146 Å². The van der Waals surface area contributed by atoms with Gasteiger partial charge >= 0.3 is 0 Å². The summed E-state index contributed by atoms with van der Waals surface area (Å²) >= 11 is 0. The molecule has 0 amide bonds. The summed E-state index contributed by atoms with van der Waals surface area (Å²) < 4.78 is 5.54. The normalized spacial score (nSPS) is 11.2. The fourth-order valence-electron chi connectivity index (χ4n) is 2.99. The lowest BCUT2D eigenvalue weighted by Gasteiger charge is -2.04. The first-order valence-electron chi connectivity index (χ1n) is 10.6. The van der Waals surface area contributed by atoms with E-state index < -0.39 is 0 Å². The third kappa shape index (κ3) is 21.9. The van der Waals surface area contributed by atoms with Gasteiger partial charge in [-0.2, -0.15) is 0 Å². The van der Waals surface area contributed by atoms with E-state index in [0.29, 0.717) is 6.61 Å². The molecule has 0 bridgehead atoms. The molecular formula is C21H44O2. The Balaban J connectivity index is 2.92. The zero-order valence-corrected chi connectivity index (χ0v) is 16.0. The molecule has 0 saturated heterocycles. The Bertz CT molecular complexity index is 174. The third-order valence-corrected chi connectivity index (χ3v) is 4.59. The standard InChI is InChI=1S/C21H44O2/c1-2-3-4-5-6-7-8-9-10-11-12-13-14-15-17-20-23-21-18-16-19-22/h22H,2-21H2,1H3. The predicted octanol–water partition coefficient (Wildman–Crippen LogP) is 6.65. The molecule has 0 aliphatic rings. The van der Waals surface area contributed by atoms with Gasteiger partial charge in [-0.05, 0) is 19.3 Å². The molecule has 0 fully saturated rings. The van der Waals surface area contributed by atoms with E-state index in [9.17, 15) is 0 Å². The summed E-state index contributed by atoms with van der Waals surface area (Å²) in [4.78, 5) is 0. The third-order valence-electron chi connectivity index (χ3n) is 4.59. The highest BCUT2D eigenvalue weighted by Crippen LogP contribution is 2.13. The second-order valence-electron chi connectivity index (χ2n) is 6.99. The van der Waals surface area contributed by atoms with E-state index in [-0.39, 0.29) is 0 Å². The first kappa shape index (κ1) is 22.9. The highest BCUT2D eigenvalue weighted by molar-refractivity contribution is 4.49. The van der Waals surface area contributed by atoms with Crippen LogP contribution in [-0.2, 0) is 4.74 Å². The number of aliphatic hydroxyl groups excluding tert-OH is 1. The summed E-state index contributed by atoms with van der Waals surface area (Å²) in [5, 5.41) is 8.65. The van der Waals surface area contributed by atoms with Crippen molar-refractivity contribution in [3.05, 3.63) is 0 Å². The van der Waals surface area contributed by atoms with Gasteiger partial charge in [-0.25, -0.2) is 0 Å². The fraction of sp³-hybridized carbons (Fsp3) is 1.00. The SMILES string of the molecule is CCCCCCCCCCCCCCCCCOCCCCO. The van der Waals surface area contributed by atoms with Gasteiger partial charge in [-0.15, -0.1) is 0 Å². The highest BCUT2D eigenvalue weighted by atomic mass is 16.5. The Morgan fingerprint density at radius 1 is 0.478 bits per heavy atom. The lowest BCUT2D eigenvalue weighted by Crippen LogP contribution is -1.98. The van der Waals surface area contributed by atoms with Crippen LogP contribution in [0.3, 0.4) is 0 Å². The molecule has 0 unspecified atom stereocenters. The van der Waals surface area contributed by atoms with Crippen molar-refractivity contribution in [3.63, 3.8) is 0 Å². The van der Waals surface area contributed by atoms with Crippen LogP contribution >= 0.6 is 0 Å². The lowest BCUT2D eigenvalue weighted by molar-refractivity contribution is 0.121. The smallest absolute Gasteiger partial charge is 0.0466 e. The zero-order chi connectivity index (χ0) is 16.8. The Morgan fingerprint density at radius 3 is 1.22 bits per heavy atom. The largest absolute Gasteiger partial charge is 0.396 e. The van der Waals surface area contributed by atoms with Crippen molar-refractivity contribution in [1.82, 2.24) is 0 Å². The summed E-state index contributed by atoms with van der Waals surface area (Å²) in [5.74, 6) is 0. The summed E-state index contributed by atoms with van der Waals surface area (Å²) in [6.45, 7) is 4.31. The molecular weight excluding hydrogens is 284 g/mol. The monoisotopic (exact) mass is 328 g/mol. The van der Waals surface area contributed by atoms with Gasteiger partial charge in [0.15, 0.2) is 0 Å². The molecule has 0 rings (SSSR count). The summed E-state index contributed by atoms with van der Waals surface area (Å²) in [6.07, 6.45) is 23.0. The average molecular weight is 329 g/mol. The molecule has 2 heteroatoms. The minimum Gasteiger partial charge on any atom is -0.396 e. The number of hydrogen-bond donors (Lipinski definition) is 1. The van der Waals surface area contributed by atoms with E-state index in [0.717, 1.165) is 26.1 Å². The van der Waals surface area contributed by atoms with E-state index in [1.54, 1.807) is 0 Å². The van der Waals surface area contributed by atoms with Crippen molar-refractivity contribution in [2.24, 2.45) is 0 Å². The van der Waals surface area contributed by atoms with Gasteiger partial charge in [0.2, 0.25) is 0 Å². The summed E-state index contributed by atoms with van der Waals surface area (Å²) in [7, 11) is 0. The molecule has 0 aliphatic heterocycles. The van der Waals surface area contributed by atoms with Gasteiger partial charge < -0.3 is 9.84 Å². The van der Waals surface area contributed by atoms with Gasteiger partial charge in [0, 0.05) is 19.8 Å². The van der Waals surface area contributed by atoms with Crippen molar-refractivity contribution in [1.29, 1.82) is 0 Å². The number of unbranched alkanes of at least 4 members (excludes halogenated alkanes) is 15. The first-order chi connectivity index (χ1) is 11.4. The molecule has 0 heterocycles. The van der Waals surface area contributed by atoms with Crippen molar-refractivity contribution < 1.29 is 9.84 Å². The summed E-state index contributed by atoms with van der Waals surface area (Å²) in [5.41, 5.74) is 0. The Hall–Kier alpha value is -0.0800. The van der Waals surface area contributed by atoms with Crippen LogP contribution < -0.4 is 0 Å². The quantitative estimate of drug-likeness (QED) is 0.254. The number of aliphatic hydroxyl groups is 1. The maximum atomic E-state index is 8.65. The first-order valence-corrected chi connectivity index (χ1v) is 10.6. The fourth-order valence-corrected chi connectivity index (χ4v) is 2.99. The maximum absolute atomic E-state index is 8.65. The maximum Gasteiger partial charge on any atom is 0.0466 e. The molecule has 2 nitrogen and oxygen atoms in total. The van der Waals surface area contributed by atoms with E-state index in [1.165, 1.54) is 96.3 Å². The van der Waals surface area contributed by atoms with Gasteiger partial charge in [0.05, 0.1) is 0 Å². The zero-order valence-electron chi connectivity index (χ0n) is 16.0. The van der Waals surface area contributed by atoms with Crippen LogP contribution in [0.15, 0.2) is 0 Å². The molecule has 0 spiro atoms. The molecule has 0 atom stereocenters. The molecule has 0 radical (unpaired) electrons. The lowest BCUT2D eigenvalue weighted by atomic mass is 10.0. The molecule has 1 N–H and O–H groups in total. The number of hydrogen-bond acceptors (Lipinski definition) is 2. The van der Waals surface area contributed by atoms with Crippen LogP contribution in [0.1, 0.15) is 116 Å². The second kappa shape index (κ2) is 21.9. The van der Waals surface area contributed by atoms with Crippen LogP contribution in [-0.4, -0.2) is 24.9 Å². The van der Waals surface area contributed by atoms with E-state index >= 15 is 0 Å². The predicted molar refractivity (Wildman–Crippen MR) is 102 cm³/mol. The Morgan fingerprint density at radius 2 is 0.826 bits per heavy atom. The van der Waals surface area contributed by atoms with Crippen molar-refractivity contribution in [2.45, 2.75) is 116 Å². The van der Waals surface area contributed by atoms with Crippen molar-refractivity contribution in [3.8, 4) is 0 Å². The minimum absolute atomic E-state index is 0.294. The molecule has 0 saturated carbocycles. The van der Waals surface area contributed by atoms with Crippen molar-refractivity contribution >= 4 is 0 Å². The van der Waals surface area contributed by atoms with Gasteiger partial charge in [0.25, 0.3) is 0 Å². The van der Waals surface area contributed by atoms with E-state index in [1.807, 2.05) is 0 Å². The molecule has 0 aromatic heterocycles. The average Bonchev–Trinajstić information content (AvgIpc) is 2.57. The molecule has 0 aromatic rings. The molecule has 140 valence electrons. The molecule has 23 heavy (non-hydrogen) atoms. The van der Waals surface area contributed by atoms with Crippen LogP contribution in [0.2, 0.25) is 0 Å². The van der Waals surface area contributed by atoms with Crippen LogP contribution in [0.4, 0.5) is 0 Å². The molecule has 0 aromatic carbocycles. The van der Waals surface area contributed by atoms with Gasteiger partial charge in [0.1, 0.15) is 0 Å². The van der Waals surface area contributed by atoms with E-state index in [4.69, 9.17) is 9.84 Å². The molecule has 0 aliphatic carbocycles. The van der Waals surface area contributed by atoms with Crippen molar-refractivity contribution in [2.75, 3.05) is 19.8 Å². The van der Waals surface area contributed by atoms with Crippen LogP contribution in [0.5, 0.6) is 0 Å². The van der Waals surface area contributed by atoms with Crippen LogP contribution in [0, 0.1) is 0 Å². The highest BCUT2D eigenvalue weighted by Gasteiger charge is 1.95. The van der Waals surface area contributed by atoms with E-state index in [2.05, 4.69) is 6.92 Å². The van der Waals surface area contributed by atoms with Gasteiger partial charge in [-0.1, -0.05) is 96.8 Å². The minimum atomic E-state index is 0.294. The van der Waals surface area contributed by atoms with Crippen LogP contribution in [0.25, 0.3) is 0 Å². The topological polar surface area (TPSA) is 29.5 Å². The second-order valence-corrected chi connectivity index (χ2v) is 6.99.